The van der Waals surface area contributed by atoms with Crippen molar-refractivity contribution in [3.05, 3.63) is 84.9 Å². The van der Waals surface area contributed by atoms with Crippen LogP contribution in [0.2, 0.25) is 0 Å². The van der Waals surface area contributed by atoms with Crippen LogP contribution in [0.4, 0.5) is 0 Å². The Balaban J connectivity index is 1.80. The molecule has 0 aliphatic carbocycles. The number of phenols is 4. The van der Waals surface area contributed by atoms with E-state index in [-0.39, 0.29) is 23.0 Å². The molecule has 0 radical (unpaired) electrons. The molecule has 0 fully saturated rings. The molecular formula is C24H18O4S. The molecule has 5 heteroatoms. The lowest BCUT2D eigenvalue weighted by molar-refractivity contribution is 0.473. The summed E-state index contributed by atoms with van der Waals surface area (Å²) in [7, 11) is 0. The van der Waals surface area contributed by atoms with Crippen LogP contribution in [0.15, 0.2) is 94.7 Å². The molecule has 4 nitrogen and oxygen atoms in total. The van der Waals surface area contributed by atoms with Crippen molar-refractivity contribution in [2.75, 3.05) is 0 Å². The van der Waals surface area contributed by atoms with E-state index in [4.69, 9.17) is 0 Å². The first kappa shape index (κ1) is 18.8. The van der Waals surface area contributed by atoms with Gasteiger partial charge in [-0.15, -0.1) is 0 Å². The monoisotopic (exact) mass is 402 g/mol. The number of aromatic hydroxyl groups is 4. The average Bonchev–Trinajstić information content (AvgIpc) is 2.70. The fourth-order valence-electron chi connectivity index (χ4n) is 3.07. The molecular weight excluding hydrogens is 384 g/mol. The lowest BCUT2D eigenvalue weighted by Gasteiger charge is -2.14. The molecule has 144 valence electrons. The standard InChI is InChI=1S/C24H18O4S/c25-17-5-1-15(2-6-17)21-11-9-19(27)13-23(21)29-24-14-20(28)10-12-22(24)16-3-7-18(26)8-4-16/h1-14,25-28H. The third kappa shape index (κ3) is 4.15. The summed E-state index contributed by atoms with van der Waals surface area (Å²) in [5, 5.41) is 39.2. The maximum Gasteiger partial charge on any atom is 0.116 e. The number of phenolic OH excluding ortho intramolecular Hbond substituents is 4. The Morgan fingerprint density at radius 1 is 0.414 bits per heavy atom. The average molecular weight is 402 g/mol. The molecule has 4 N–H and O–H groups in total. The molecule has 4 aromatic rings. The first-order valence-electron chi connectivity index (χ1n) is 8.92. The van der Waals surface area contributed by atoms with E-state index in [1.54, 1.807) is 48.5 Å². The van der Waals surface area contributed by atoms with Crippen molar-refractivity contribution in [3.8, 4) is 45.3 Å². The van der Waals surface area contributed by atoms with Crippen molar-refractivity contribution in [2.24, 2.45) is 0 Å². The Kier molecular flexibility index (Phi) is 5.06. The maximum absolute atomic E-state index is 10.0. The van der Waals surface area contributed by atoms with Gasteiger partial charge in [0, 0.05) is 9.79 Å². The van der Waals surface area contributed by atoms with Crippen LogP contribution in [0.5, 0.6) is 23.0 Å². The smallest absolute Gasteiger partial charge is 0.116 e. The second kappa shape index (κ2) is 7.81. The van der Waals surface area contributed by atoms with Crippen molar-refractivity contribution < 1.29 is 20.4 Å². The van der Waals surface area contributed by atoms with E-state index in [2.05, 4.69) is 0 Å². The van der Waals surface area contributed by atoms with Crippen LogP contribution < -0.4 is 0 Å². The van der Waals surface area contributed by atoms with Crippen LogP contribution in [-0.2, 0) is 0 Å². The zero-order valence-electron chi connectivity index (χ0n) is 15.3. The van der Waals surface area contributed by atoms with Crippen molar-refractivity contribution in [3.63, 3.8) is 0 Å². The van der Waals surface area contributed by atoms with Gasteiger partial charge in [0.15, 0.2) is 0 Å². The highest BCUT2D eigenvalue weighted by Gasteiger charge is 2.13. The molecule has 29 heavy (non-hydrogen) atoms. The molecule has 0 saturated carbocycles. The number of hydrogen-bond donors (Lipinski definition) is 4. The van der Waals surface area contributed by atoms with E-state index >= 15 is 0 Å². The molecule has 0 aliphatic rings. The van der Waals surface area contributed by atoms with Crippen LogP contribution in [-0.4, -0.2) is 20.4 Å². The fourth-order valence-corrected chi connectivity index (χ4v) is 4.26. The molecule has 4 rings (SSSR count). The lowest BCUT2D eigenvalue weighted by atomic mass is 10.1. The third-order valence-corrected chi connectivity index (χ3v) is 5.62. The van der Waals surface area contributed by atoms with Gasteiger partial charge in [0.1, 0.15) is 23.0 Å². The summed E-state index contributed by atoms with van der Waals surface area (Å²) < 4.78 is 0. The van der Waals surface area contributed by atoms with Crippen LogP contribution >= 0.6 is 11.8 Å². The van der Waals surface area contributed by atoms with E-state index in [0.717, 1.165) is 32.0 Å². The van der Waals surface area contributed by atoms with Gasteiger partial charge >= 0.3 is 0 Å². The van der Waals surface area contributed by atoms with Gasteiger partial charge in [-0.1, -0.05) is 36.0 Å². The topological polar surface area (TPSA) is 80.9 Å². The molecule has 4 aromatic carbocycles. The largest absolute Gasteiger partial charge is 0.508 e. The predicted octanol–water partition coefficient (Wildman–Crippen LogP) is 5.99. The molecule has 0 bridgehead atoms. The van der Waals surface area contributed by atoms with Crippen molar-refractivity contribution in [1.82, 2.24) is 0 Å². The van der Waals surface area contributed by atoms with Crippen molar-refractivity contribution in [2.45, 2.75) is 9.79 Å². The van der Waals surface area contributed by atoms with Crippen LogP contribution in [0, 0.1) is 0 Å². The maximum atomic E-state index is 10.0. The Morgan fingerprint density at radius 3 is 1.14 bits per heavy atom. The summed E-state index contributed by atoms with van der Waals surface area (Å²) in [4.78, 5) is 1.61. The Bertz CT molecular complexity index is 1060. The highest BCUT2D eigenvalue weighted by Crippen LogP contribution is 2.43. The molecule has 0 aromatic heterocycles. The molecule has 0 spiro atoms. The molecule has 0 unspecified atom stereocenters. The molecule has 0 heterocycles. The lowest BCUT2D eigenvalue weighted by Crippen LogP contribution is -1.86. The molecule has 0 atom stereocenters. The SMILES string of the molecule is Oc1ccc(-c2ccc(O)cc2Sc2cc(O)ccc2-c2ccc(O)cc2)cc1. The van der Waals surface area contributed by atoms with Gasteiger partial charge in [-0.25, -0.2) is 0 Å². The fraction of sp³-hybridized carbons (Fsp3) is 0. The van der Waals surface area contributed by atoms with E-state index in [0.29, 0.717) is 0 Å². The summed E-state index contributed by atoms with van der Waals surface area (Å²) in [6, 6.07) is 24.0. The van der Waals surface area contributed by atoms with Gasteiger partial charge < -0.3 is 20.4 Å². The normalized spacial score (nSPS) is 10.8. The molecule has 0 aliphatic heterocycles. The van der Waals surface area contributed by atoms with Crippen LogP contribution in [0.1, 0.15) is 0 Å². The van der Waals surface area contributed by atoms with E-state index < -0.39 is 0 Å². The third-order valence-electron chi connectivity index (χ3n) is 4.51. The van der Waals surface area contributed by atoms with Gasteiger partial charge in [-0.3, -0.25) is 0 Å². The summed E-state index contributed by atoms with van der Waals surface area (Å²) >= 11 is 1.42. The minimum absolute atomic E-state index is 0.140. The van der Waals surface area contributed by atoms with Gasteiger partial charge in [0.05, 0.1) is 0 Å². The highest BCUT2D eigenvalue weighted by atomic mass is 32.2. The number of benzene rings is 4. The summed E-state index contributed by atoms with van der Waals surface area (Å²) in [5.74, 6) is 0.649. The summed E-state index contributed by atoms with van der Waals surface area (Å²) in [5.41, 5.74) is 3.59. The zero-order chi connectivity index (χ0) is 20.4. The van der Waals surface area contributed by atoms with Crippen molar-refractivity contribution >= 4 is 11.8 Å². The van der Waals surface area contributed by atoms with E-state index in [1.807, 2.05) is 36.4 Å². The minimum Gasteiger partial charge on any atom is -0.508 e. The van der Waals surface area contributed by atoms with Crippen LogP contribution in [0.3, 0.4) is 0 Å². The highest BCUT2D eigenvalue weighted by molar-refractivity contribution is 7.99. The summed E-state index contributed by atoms with van der Waals surface area (Å²) in [6.07, 6.45) is 0. The molecule has 0 amide bonds. The Labute approximate surface area is 172 Å². The Morgan fingerprint density at radius 2 is 0.759 bits per heavy atom. The van der Waals surface area contributed by atoms with Gasteiger partial charge in [-0.2, -0.15) is 0 Å². The first-order chi connectivity index (χ1) is 14.0. The number of hydrogen-bond acceptors (Lipinski definition) is 5. The number of rotatable bonds is 4. The van der Waals surface area contributed by atoms with E-state index in [9.17, 15) is 20.4 Å². The van der Waals surface area contributed by atoms with E-state index in [1.165, 1.54) is 11.8 Å². The Hall–Kier alpha value is -3.57. The molecule has 0 saturated heterocycles. The first-order valence-corrected chi connectivity index (χ1v) is 9.74. The van der Waals surface area contributed by atoms with Crippen molar-refractivity contribution in [1.29, 1.82) is 0 Å². The predicted molar refractivity (Wildman–Crippen MR) is 115 cm³/mol. The second-order valence-electron chi connectivity index (χ2n) is 6.56. The van der Waals surface area contributed by atoms with Gasteiger partial charge in [-0.05, 0) is 82.9 Å². The van der Waals surface area contributed by atoms with Crippen LogP contribution in [0.25, 0.3) is 22.3 Å². The zero-order valence-corrected chi connectivity index (χ0v) is 16.1. The minimum atomic E-state index is 0.140. The summed E-state index contributed by atoms with van der Waals surface area (Å²) in [6.45, 7) is 0. The quantitative estimate of drug-likeness (QED) is 0.337. The van der Waals surface area contributed by atoms with Gasteiger partial charge in [0.2, 0.25) is 0 Å². The second-order valence-corrected chi connectivity index (χ2v) is 7.64. The van der Waals surface area contributed by atoms with Gasteiger partial charge in [0.25, 0.3) is 0 Å².